The standard InChI is InChI=1S/C11H21N3/c1-6-11(4,5)13-10-12-9(3)8-14(10)7-2/h8H,6-7H2,1-5H3,(H,12,13). The molecule has 3 heteroatoms. The fourth-order valence-corrected chi connectivity index (χ4v) is 1.28. The summed E-state index contributed by atoms with van der Waals surface area (Å²) in [6.07, 6.45) is 3.16. The summed E-state index contributed by atoms with van der Waals surface area (Å²) >= 11 is 0. The lowest BCUT2D eigenvalue weighted by Crippen LogP contribution is -2.31. The molecular formula is C11H21N3. The van der Waals surface area contributed by atoms with Crippen LogP contribution in [0.3, 0.4) is 0 Å². The topological polar surface area (TPSA) is 29.9 Å². The van der Waals surface area contributed by atoms with Crippen LogP contribution in [-0.4, -0.2) is 15.1 Å². The summed E-state index contributed by atoms with van der Waals surface area (Å²) in [4.78, 5) is 4.47. The minimum Gasteiger partial charge on any atom is -0.351 e. The first-order chi connectivity index (χ1) is 6.48. The van der Waals surface area contributed by atoms with Crippen molar-refractivity contribution in [2.24, 2.45) is 0 Å². The second kappa shape index (κ2) is 4.03. The Labute approximate surface area is 86.5 Å². The third-order valence-corrected chi connectivity index (χ3v) is 2.57. The first-order valence-corrected chi connectivity index (χ1v) is 5.30. The summed E-state index contributed by atoms with van der Waals surface area (Å²) in [6.45, 7) is 11.7. The van der Waals surface area contributed by atoms with Gasteiger partial charge in [0.05, 0.1) is 5.69 Å². The van der Waals surface area contributed by atoms with Crippen LogP contribution in [0.25, 0.3) is 0 Å². The lowest BCUT2D eigenvalue weighted by Gasteiger charge is -2.25. The second-order valence-corrected chi connectivity index (χ2v) is 4.35. The molecule has 14 heavy (non-hydrogen) atoms. The number of hydrogen-bond acceptors (Lipinski definition) is 2. The molecule has 0 spiro atoms. The van der Waals surface area contributed by atoms with Gasteiger partial charge in [0.15, 0.2) is 0 Å². The van der Waals surface area contributed by atoms with Crippen molar-refractivity contribution in [3.63, 3.8) is 0 Å². The van der Waals surface area contributed by atoms with Crippen LogP contribution >= 0.6 is 0 Å². The lowest BCUT2D eigenvalue weighted by atomic mass is 10.0. The van der Waals surface area contributed by atoms with Gasteiger partial charge in [0.25, 0.3) is 0 Å². The van der Waals surface area contributed by atoms with Gasteiger partial charge < -0.3 is 9.88 Å². The largest absolute Gasteiger partial charge is 0.351 e. The third-order valence-electron chi connectivity index (χ3n) is 2.57. The molecule has 0 saturated carbocycles. The average molecular weight is 195 g/mol. The maximum atomic E-state index is 4.47. The van der Waals surface area contributed by atoms with Crippen molar-refractivity contribution in [1.29, 1.82) is 0 Å². The number of imidazole rings is 1. The van der Waals surface area contributed by atoms with Crippen LogP contribution in [0.4, 0.5) is 5.95 Å². The molecule has 1 heterocycles. The quantitative estimate of drug-likeness (QED) is 0.800. The van der Waals surface area contributed by atoms with Crippen molar-refractivity contribution >= 4 is 5.95 Å². The molecule has 0 aliphatic heterocycles. The zero-order chi connectivity index (χ0) is 10.8. The molecule has 0 unspecified atom stereocenters. The number of rotatable bonds is 4. The van der Waals surface area contributed by atoms with Gasteiger partial charge in [0.1, 0.15) is 0 Å². The minimum absolute atomic E-state index is 0.116. The molecule has 0 aliphatic carbocycles. The molecule has 3 nitrogen and oxygen atoms in total. The molecule has 80 valence electrons. The maximum Gasteiger partial charge on any atom is 0.203 e. The Morgan fingerprint density at radius 2 is 2.07 bits per heavy atom. The van der Waals surface area contributed by atoms with Crippen LogP contribution in [-0.2, 0) is 6.54 Å². The Morgan fingerprint density at radius 1 is 1.43 bits per heavy atom. The van der Waals surface area contributed by atoms with Crippen molar-refractivity contribution in [2.45, 2.75) is 53.1 Å². The van der Waals surface area contributed by atoms with Crippen LogP contribution in [0.2, 0.25) is 0 Å². The fourth-order valence-electron chi connectivity index (χ4n) is 1.28. The summed E-state index contributed by atoms with van der Waals surface area (Å²) in [5, 5.41) is 3.46. The van der Waals surface area contributed by atoms with Gasteiger partial charge in [-0.25, -0.2) is 4.98 Å². The van der Waals surface area contributed by atoms with Crippen LogP contribution in [0.1, 0.15) is 39.8 Å². The Morgan fingerprint density at radius 3 is 2.57 bits per heavy atom. The third kappa shape index (κ3) is 2.50. The van der Waals surface area contributed by atoms with E-state index in [4.69, 9.17) is 0 Å². The van der Waals surface area contributed by atoms with Crippen LogP contribution in [0.5, 0.6) is 0 Å². The molecule has 1 rings (SSSR count). The lowest BCUT2D eigenvalue weighted by molar-refractivity contribution is 0.536. The Kier molecular flexibility index (Phi) is 3.19. The molecule has 0 amide bonds. The zero-order valence-corrected chi connectivity index (χ0v) is 9.89. The molecule has 1 aromatic rings. The molecule has 0 bridgehead atoms. The van der Waals surface area contributed by atoms with Gasteiger partial charge in [0, 0.05) is 18.3 Å². The van der Waals surface area contributed by atoms with E-state index in [2.05, 4.69) is 48.8 Å². The second-order valence-electron chi connectivity index (χ2n) is 4.35. The molecule has 0 fully saturated rings. The monoisotopic (exact) mass is 195 g/mol. The highest BCUT2D eigenvalue weighted by Crippen LogP contribution is 2.17. The number of aromatic nitrogens is 2. The van der Waals surface area contributed by atoms with E-state index in [0.29, 0.717) is 0 Å². The van der Waals surface area contributed by atoms with Crippen LogP contribution in [0.15, 0.2) is 6.20 Å². The number of aryl methyl sites for hydroxylation is 2. The highest BCUT2D eigenvalue weighted by Gasteiger charge is 2.17. The average Bonchev–Trinajstić information content (AvgIpc) is 2.45. The molecule has 0 aliphatic rings. The molecule has 1 aromatic heterocycles. The molecule has 0 atom stereocenters. The maximum absolute atomic E-state index is 4.47. The van der Waals surface area contributed by atoms with E-state index in [-0.39, 0.29) is 5.54 Å². The Hall–Kier alpha value is -0.990. The van der Waals surface area contributed by atoms with Crippen molar-refractivity contribution in [3.05, 3.63) is 11.9 Å². The molecule has 0 aromatic carbocycles. The number of nitrogens with one attached hydrogen (secondary N) is 1. The first kappa shape index (κ1) is 11.1. The molecule has 0 saturated heterocycles. The Balaban J connectivity index is 2.85. The minimum atomic E-state index is 0.116. The van der Waals surface area contributed by atoms with E-state index in [1.54, 1.807) is 0 Å². The van der Waals surface area contributed by atoms with Gasteiger partial charge in [0.2, 0.25) is 5.95 Å². The molecule has 1 N–H and O–H groups in total. The predicted molar refractivity (Wildman–Crippen MR) is 60.6 cm³/mol. The predicted octanol–water partition coefficient (Wildman–Crippen LogP) is 2.81. The first-order valence-electron chi connectivity index (χ1n) is 5.30. The van der Waals surface area contributed by atoms with Gasteiger partial charge in [-0.1, -0.05) is 6.92 Å². The van der Waals surface area contributed by atoms with Gasteiger partial charge in [-0.15, -0.1) is 0 Å². The van der Waals surface area contributed by atoms with E-state index in [1.165, 1.54) is 0 Å². The zero-order valence-electron chi connectivity index (χ0n) is 9.89. The van der Waals surface area contributed by atoms with E-state index in [9.17, 15) is 0 Å². The number of nitrogens with zero attached hydrogens (tertiary/aromatic N) is 2. The highest BCUT2D eigenvalue weighted by molar-refractivity contribution is 5.32. The van der Waals surface area contributed by atoms with Crippen molar-refractivity contribution < 1.29 is 0 Å². The Bertz CT molecular complexity index is 299. The summed E-state index contributed by atoms with van der Waals surface area (Å²) in [5.41, 5.74) is 1.19. The number of hydrogen-bond donors (Lipinski definition) is 1. The van der Waals surface area contributed by atoms with Crippen molar-refractivity contribution in [3.8, 4) is 0 Å². The van der Waals surface area contributed by atoms with Crippen LogP contribution in [0, 0.1) is 6.92 Å². The van der Waals surface area contributed by atoms with Crippen molar-refractivity contribution in [1.82, 2.24) is 9.55 Å². The SMILES string of the molecule is CCn1cc(C)nc1NC(C)(C)CC. The van der Waals surface area contributed by atoms with E-state index in [1.807, 2.05) is 6.92 Å². The van der Waals surface area contributed by atoms with Gasteiger partial charge >= 0.3 is 0 Å². The normalized spacial score (nSPS) is 11.8. The van der Waals surface area contributed by atoms with Gasteiger partial charge in [-0.2, -0.15) is 0 Å². The van der Waals surface area contributed by atoms with Gasteiger partial charge in [-0.3, -0.25) is 0 Å². The van der Waals surface area contributed by atoms with E-state index >= 15 is 0 Å². The van der Waals surface area contributed by atoms with E-state index < -0.39 is 0 Å². The molecular weight excluding hydrogens is 174 g/mol. The van der Waals surface area contributed by atoms with E-state index in [0.717, 1.165) is 24.6 Å². The molecule has 0 radical (unpaired) electrons. The van der Waals surface area contributed by atoms with Crippen molar-refractivity contribution in [2.75, 3.05) is 5.32 Å². The summed E-state index contributed by atoms with van der Waals surface area (Å²) in [6, 6.07) is 0. The van der Waals surface area contributed by atoms with Gasteiger partial charge in [-0.05, 0) is 34.1 Å². The summed E-state index contributed by atoms with van der Waals surface area (Å²) in [5.74, 6) is 0.983. The fraction of sp³-hybridized carbons (Fsp3) is 0.727. The smallest absolute Gasteiger partial charge is 0.203 e. The summed E-state index contributed by atoms with van der Waals surface area (Å²) < 4.78 is 2.15. The highest BCUT2D eigenvalue weighted by atomic mass is 15.2. The summed E-state index contributed by atoms with van der Waals surface area (Å²) in [7, 11) is 0. The number of anilines is 1. The van der Waals surface area contributed by atoms with Crippen LogP contribution < -0.4 is 5.32 Å².